The van der Waals surface area contributed by atoms with Gasteiger partial charge in [0.2, 0.25) is 0 Å². The summed E-state index contributed by atoms with van der Waals surface area (Å²) < 4.78 is 51.2. The Morgan fingerprint density at radius 2 is 1.75 bits per heavy atom. The van der Waals surface area contributed by atoms with Crippen LogP contribution in [0.3, 0.4) is 0 Å². The molecule has 0 aliphatic carbocycles. The molecule has 7 nitrogen and oxygen atoms in total. The molecule has 2 N–H and O–H groups in total. The van der Waals surface area contributed by atoms with E-state index in [0.29, 0.717) is 10.6 Å². The number of aliphatic hydroxyl groups excluding tert-OH is 1. The van der Waals surface area contributed by atoms with Gasteiger partial charge >= 0.3 is 5.97 Å². The first-order chi connectivity index (χ1) is 15.2. The number of esters is 1. The van der Waals surface area contributed by atoms with Crippen LogP contribution >= 0.6 is 11.6 Å². The predicted molar refractivity (Wildman–Crippen MR) is 117 cm³/mol. The largest absolute Gasteiger partial charge is 0.488 e. The van der Waals surface area contributed by atoms with Gasteiger partial charge in [0.15, 0.2) is 0 Å². The molecule has 10 heteroatoms. The van der Waals surface area contributed by atoms with Crippen LogP contribution in [0.5, 0.6) is 5.75 Å². The lowest BCUT2D eigenvalue weighted by Crippen LogP contribution is -2.16. The lowest BCUT2D eigenvalue weighted by molar-refractivity contribution is 0.0600. The molecule has 1 unspecified atom stereocenters. The second-order valence-electron chi connectivity index (χ2n) is 6.64. The summed E-state index contributed by atoms with van der Waals surface area (Å²) in [4.78, 5) is 11.7. The summed E-state index contributed by atoms with van der Waals surface area (Å²) in [5.41, 5.74) is 0.672. The van der Waals surface area contributed by atoms with E-state index in [9.17, 15) is 22.7 Å². The number of hydrogen-bond acceptors (Lipinski definition) is 6. The van der Waals surface area contributed by atoms with E-state index >= 15 is 0 Å². The van der Waals surface area contributed by atoms with Gasteiger partial charge < -0.3 is 14.6 Å². The van der Waals surface area contributed by atoms with E-state index in [1.165, 1.54) is 25.3 Å². The molecule has 3 aromatic carbocycles. The van der Waals surface area contributed by atoms with E-state index in [0.717, 1.165) is 24.3 Å². The van der Waals surface area contributed by atoms with Gasteiger partial charge in [0, 0.05) is 5.02 Å². The number of halogens is 2. The van der Waals surface area contributed by atoms with Crippen molar-refractivity contribution in [1.82, 2.24) is 0 Å². The van der Waals surface area contributed by atoms with Gasteiger partial charge in [-0.25, -0.2) is 17.6 Å². The van der Waals surface area contributed by atoms with Gasteiger partial charge in [-0.05, 0) is 60.2 Å². The summed E-state index contributed by atoms with van der Waals surface area (Å²) in [7, 11) is -2.87. The quantitative estimate of drug-likeness (QED) is 0.470. The summed E-state index contributed by atoms with van der Waals surface area (Å²) in [6, 6.07) is 14.7. The highest BCUT2D eigenvalue weighted by atomic mass is 35.5. The van der Waals surface area contributed by atoms with Crippen molar-refractivity contribution in [1.29, 1.82) is 0 Å². The first-order valence-electron chi connectivity index (χ1n) is 9.26. The second-order valence-corrected chi connectivity index (χ2v) is 8.76. The van der Waals surface area contributed by atoms with E-state index in [1.807, 2.05) is 0 Å². The molecule has 0 aliphatic rings. The van der Waals surface area contributed by atoms with Gasteiger partial charge in [0.1, 0.15) is 24.3 Å². The SMILES string of the molecule is COC(=O)c1ccc(NS(=O)(=O)c2ccc(F)cc2)c(OCC(O)c2ccc(Cl)cc2)c1. The molecule has 0 saturated heterocycles. The molecular formula is C22H19ClFNO6S. The Labute approximate surface area is 189 Å². The Morgan fingerprint density at radius 1 is 1.09 bits per heavy atom. The van der Waals surface area contributed by atoms with Gasteiger partial charge in [-0.15, -0.1) is 0 Å². The number of sulfonamides is 1. The van der Waals surface area contributed by atoms with Gasteiger partial charge in [-0.1, -0.05) is 23.7 Å². The van der Waals surface area contributed by atoms with Crippen LogP contribution in [0.15, 0.2) is 71.6 Å². The van der Waals surface area contributed by atoms with Gasteiger partial charge in [0.05, 0.1) is 23.3 Å². The van der Waals surface area contributed by atoms with E-state index in [1.54, 1.807) is 24.3 Å². The molecule has 0 radical (unpaired) electrons. The number of rotatable bonds is 8. The molecule has 168 valence electrons. The summed E-state index contributed by atoms with van der Waals surface area (Å²) in [6.45, 7) is -0.239. The standard InChI is InChI=1S/C22H19ClFNO6S/c1-30-22(27)15-4-11-19(25-32(28,29)18-9-7-17(24)8-10-18)21(12-15)31-13-20(26)14-2-5-16(23)6-3-14/h2-12,20,25-26H,13H2,1H3. The number of nitrogens with one attached hydrogen (secondary N) is 1. The average Bonchev–Trinajstić information content (AvgIpc) is 2.78. The van der Waals surface area contributed by atoms with Gasteiger partial charge in [0.25, 0.3) is 10.0 Å². The second kappa shape index (κ2) is 9.99. The minimum Gasteiger partial charge on any atom is -0.488 e. The molecule has 1 atom stereocenters. The van der Waals surface area contributed by atoms with Crippen LogP contribution in [0, 0.1) is 5.82 Å². The number of methoxy groups -OCH3 is 1. The topological polar surface area (TPSA) is 102 Å². The Morgan fingerprint density at radius 3 is 2.38 bits per heavy atom. The zero-order valence-corrected chi connectivity index (χ0v) is 18.4. The lowest BCUT2D eigenvalue weighted by Gasteiger charge is -2.17. The van der Waals surface area contributed by atoms with Crippen LogP contribution < -0.4 is 9.46 Å². The third kappa shape index (κ3) is 5.76. The van der Waals surface area contributed by atoms with E-state index in [-0.39, 0.29) is 28.5 Å². The normalized spacial score (nSPS) is 12.1. The zero-order valence-electron chi connectivity index (χ0n) is 16.8. The first kappa shape index (κ1) is 23.5. The number of carbonyl (C=O) groups is 1. The van der Waals surface area contributed by atoms with Crippen LogP contribution in [0.4, 0.5) is 10.1 Å². The molecule has 0 aliphatic heterocycles. The van der Waals surface area contributed by atoms with Crippen molar-refractivity contribution in [2.75, 3.05) is 18.4 Å². The Hall–Kier alpha value is -3.14. The maximum absolute atomic E-state index is 13.1. The first-order valence-corrected chi connectivity index (χ1v) is 11.1. The third-order valence-corrected chi connectivity index (χ3v) is 6.06. The van der Waals surface area contributed by atoms with Crippen molar-refractivity contribution in [2.45, 2.75) is 11.0 Å². The smallest absolute Gasteiger partial charge is 0.337 e. The summed E-state index contributed by atoms with van der Waals surface area (Å²) in [5.74, 6) is -1.24. The number of aliphatic hydroxyl groups is 1. The Kier molecular flexibility index (Phi) is 7.34. The molecule has 0 spiro atoms. The fourth-order valence-electron chi connectivity index (χ4n) is 2.74. The molecule has 0 heterocycles. The zero-order chi connectivity index (χ0) is 23.3. The van der Waals surface area contributed by atoms with E-state index < -0.39 is 27.9 Å². The molecule has 0 fully saturated rings. The highest BCUT2D eigenvalue weighted by molar-refractivity contribution is 7.92. The fraction of sp³-hybridized carbons (Fsp3) is 0.136. The summed E-state index contributed by atoms with van der Waals surface area (Å²) in [5, 5.41) is 10.9. The van der Waals surface area contributed by atoms with Crippen LogP contribution in [-0.4, -0.2) is 33.2 Å². The van der Waals surface area contributed by atoms with Crippen molar-refractivity contribution in [3.05, 3.63) is 88.7 Å². The Balaban J connectivity index is 1.87. The van der Waals surface area contributed by atoms with Crippen molar-refractivity contribution in [3.8, 4) is 5.75 Å². The maximum Gasteiger partial charge on any atom is 0.337 e. The number of benzene rings is 3. The van der Waals surface area contributed by atoms with Crippen molar-refractivity contribution >= 4 is 33.3 Å². The molecular weight excluding hydrogens is 461 g/mol. The molecule has 3 aromatic rings. The van der Waals surface area contributed by atoms with E-state index in [2.05, 4.69) is 9.46 Å². The van der Waals surface area contributed by atoms with Crippen molar-refractivity contribution in [2.24, 2.45) is 0 Å². The van der Waals surface area contributed by atoms with Crippen LogP contribution in [-0.2, 0) is 14.8 Å². The van der Waals surface area contributed by atoms with Crippen LogP contribution in [0.1, 0.15) is 22.0 Å². The fourth-order valence-corrected chi connectivity index (χ4v) is 3.93. The number of ether oxygens (including phenoxy) is 2. The van der Waals surface area contributed by atoms with Crippen LogP contribution in [0.2, 0.25) is 5.02 Å². The predicted octanol–water partition coefficient (Wildman–Crippen LogP) is 4.18. The monoisotopic (exact) mass is 479 g/mol. The molecule has 0 saturated carbocycles. The Bertz CT molecular complexity index is 1200. The highest BCUT2D eigenvalue weighted by Crippen LogP contribution is 2.30. The number of anilines is 1. The summed E-state index contributed by atoms with van der Waals surface area (Å²) >= 11 is 5.85. The van der Waals surface area contributed by atoms with Gasteiger partial charge in [-0.3, -0.25) is 4.72 Å². The lowest BCUT2D eigenvalue weighted by atomic mass is 10.1. The van der Waals surface area contributed by atoms with E-state index in [4.69, 9.17) is 16.3 Å². The van der Waals surface area contributed by atoms with Crippen LogP contribution in [0.25, 0.3) is 0 Å². The molecule has 32 heavy (non-hydrogen) atoms. The molecule has 3 rings (SSSR count). The molecule has 0 aromatic heterocycles. The average molecular weight is 480 g/mol. The molecule has 0 amide bonds. The minimum absolute atomic E-state index is 0.00778. The number of carbonyl (C=O) groups excluding carboxylic acids is 1. The highest BCUT2D eigenvalue weighted by Gasteiger charge is 2.19. The minimum atomic E-state index is -4.08. The van der Waals surface area contributed by atoms with Crippen molar-refractivity contribution in [3.63, 3.8) is 0 Å². The maximum atomic E-state index is 13.1. The third-order valence-electron chi connectivity index (χ3n) is 4.42. The molecule has 0 bridgehead atoms. The summed E-state index contributed by atoms with van der Waals surface area (Å²) in [6.07, 6.45) is -1.05. The number of hydrogen-bond donors (Lipinski definition) is 2. The van der Waals surface area contributed by atoms with Crippen molar-refractivity contribution < 1.29 is 32.2 Å². The van der Waals surface area contributed by atoms with Gasteiger partial charge in [-0.2, -0.15) is 0 Å².